The van der Waals surface area contributed by atoms with Gasteiger partial charge in [-0.05, 0) is 45.2 Å². The van der Waals surface area contributed by atoms with Crippen LogP contribution in [0.2, 0.25) is 0 Å². The largest absolute Gasteiger partial charge is 0.473 e. The molecule has 1 aromatic carbocycles. The lowest BCUT2D eigenvalue weighted by Gasteiger charge is -2.25. The number of para-hydroxylation sites is 1. The fourth-order valence-corrected chi connectivity index (χ4v) is 3.45. The quantitative estimate of drug-likeness (QED) is 0.753. The topological polar surface area (TPSA) is 12.5 Å². The summed E-state index contributed by atoms with van der Waals surface area (Å²) >= 11 is 0. The first-order valence-corrected chi connectivity index (χ1v) is 7.62. The number of ether oxygens (including phenoxy) is 1. The lowest BCUT2D eigenvalue weighted by atomic mass is 9.87. The Morgan fingerprint density at radius 3 is 2.60 bits per heavy atom. The zero-order chi connectivity index (χ0) is 16.6. The first-order valence-electron chi connectivity index (χ1n) is 9.12. The molecule has 108 valence electrons. The van der Waals surface area contributed by atoms with E-state index in [9.17, 15) is 0 Å². The molecule has 3 rings (SSSR count). The van der Waals surface area contributed by atoms with Gasteiger partial charge in [0.2, 0.25) is 0 Å². The average Bonchev–Trinajstić information content (AvgIpc) is 2.86. The van der Waals surface area contributed by atoms with Crippen LogP contribution in [0.1, 0.15) is 55.6 Å². The molecule has 2 aliphatic rings. The van der Waals surface area contributed by atoms with Gasteiger partial charge in [-0.25, -0.2) is 0 Å². The van der Waals surface area contributed by atoms with E-state index < -0.39 is 13.1 Å². The number of hydrogen-bond acceptors (Lipinski definition) is 2. The second-order valence-electron chi connectivity index (χ2n) is 5.91. The summed E-state index contributed by atoms with van der Waals surface area (Å²) in [4.78, 5) is 1.88. The molecule has 0 saturated heterocycles. The molecule has 1 unspecified atom stereocenters. The van der Waals surface area contributed by atoms with Crippen LogP contribution in [0, 0.1) is 12.8 Å². The Morgan fingerprint density at radius 2 is 1.90 bits per heavy atom. The SMILES string of the molecule is [2H]C([2H])([2H])C1OC(C2CCCCC2)=C(C)N1c1ccccc1C. The van der Waals surface area contributed by atoms with Crippen LogP contribution >= 0.6 is 0 Å². The second kappa shape index (κ2) is 5.51. The highest BCUT2D eigenvalue weighted by Crippen LogP contribution is 2.40. The summed E-state index contributed by atoms with van der Waals surface area (Å²) in [7, 11) is 0. The fourth-order valence-electron chi connectivity index (χ4n) is 3.45. The molecule has 1 heterocycles. The van der Waals surface area contributed by atoms with Gasteiger partial charge < -0.3 is 9.64 Å². The zero-order valence-corrected chi connectivity index (χ0v) is 12.4. The number of allylic oxidation sites excluding steroid dienone is 2. The molecule has 2 nitrogen and oxygen atoms in total. The first-order chi connectivity index (χ1) is 10.9. The van der Waals surface area contributed by atoms with E-state index in [-0.39, 0.29) is 0 Å². The Kier molecular flexibility index (Phi) is 2.84. The highest BCUT2D eigenvalue weighted by atomic mass is 16.5. The van der Waals surface area contributed by atoms with Gasteiger partial charge in [-0.2, -0.15) is 0 Å². The standard InChI is InChI=1S/C18H25NO/c1-13-9-7-8-12-17(13)19-14(2)18(20-15(19)3)16-10-5-4-6-11-16/h7-9,12,15-16H,4-6,10-11H2,1-3H3/i3D3. The summed E-state index contributed by atoms with van der Waals surface area (Å²) in [5.41, 5.74) is 2.96. The smallest absolute Gasteiger partial charge is 0.173 e. The van der Waals surface area contributed by atoms with E-state index in [1.165, 1.54) is 19.3 Å². The van der Waals surface area contributed by atoms with E-state index in [4.69, 9.17) is 8.85 Å². The van der Waals surface area contributed by atoms with E-state index in [1.54, 1.807) is 0 Å². The molecule has 2 heteroatoms. The average molecular weight is 274 g/mol. The molecule has 0 aromatic heterocycles. The number of benzene rings is 1. The maximum atomic E-state index is 7.91. The number of anilines is 1. The molecular weight excluding hydrogens is 246 g/mol. The Morgan fingerprint density at radius 1 is 1.15 bits per heavy atom. The van der Waals surface area contributed by atoms with Crippen LogP contribution in [-0.4, -0.2) is 6.23 Å². The van der Waals surface area contributed by atoms with Gasteiger partial charge >= 0.3 is 0 Å². The molecule has 0 spiro atoms. The molecule has 1 atom stereocenters. The third-order valence-electron chi connectivity index (χ3n) is 4.54. The Bertz CT molecular complexity index is 603. The highest BCUT2D eigenvalue weighted by Gasteiger charge is 2.33. The maximum Gasteiger partial charge on any atom is 0.173 e. The number of hydrogen-bond donors (Lipinski definition) is 0. The molecule has 0 bridgehead atoms. The van der Waals surface area contributed by atoms with E-state index in [2.05, 4.69) is 0 Å². The second-order valence-corrected chi connectivity index (χ2v) is 5.91. The minimum Gasteiger partial charge on any atom is -0.473 e. The molecule has 1 aromatic rings. The van der Waals surface area contributed by atoms with Crippen LogP contribution in [0.5, 0.6) is 0 Å². The monoisotopic (exact) mass is 274 g/mol. The van der Waals surface area contributed by atoms with Gasteiger partial charge in [-0.15, -0.1) is 0 Å². The molecular formula is C18H25NO. The van der Waals surface area contributed by atoms with Crippen LogP contribution in [0.15, 0.2) is 35.7 Å². The maximum absolute atomic E-state index is 7.91. The van der Waals surface area contributed by atoms with Crippen LogP contribution < -0.4 is 4.90 Å². The van der Waals surface area contributed by atoms with Crippen molar-refractivity contribution < 1.29 is 8.85 Å². The van der Waals surface area contributed by atoms with Gasteiger partial charge in [0.25, 0.3) is 0 Å². The van der Waals surface area contributed by atoms with Crippen molar-refractivity contribution in [2.45, 2.75) is 59.0 Å². The molecule has 1 fully saturated rings. The lowest BCUT2D eigenvalue weighted by molar-refractivity contribution is 0.124. The minimum absolute atomic E-state index is 0.364. The van der Waals surface area contributed by atoms with Gasteiger partial charge in [0.15, 0.2) is 6.23 Å². The fraction of sp³-hybridized carbons (Fsp3) is 0.556. The van der Waals surface area contributed by atoms with Crippen molar-refractivity contribution in [3.05, 3.63) is 41.3 Å². The first kappa shape index (κ1) is 10.3. The van der Waals surface area contributed by atoms with Crippen LogP contribution in [-0.2, 0) is 4.74 Å². The summed E-state index contributed by atoms with van der Waals surface area (Å²) in [6.45, 7) is 1.83. The van der Waals surface area contributed by atoms with Crippen LogP contribution in [0.25, 0.3) is 0 Å². The van der Waals surface area contributed by atoms with Gasteiger partial charge in [0.1, 0.15) is 5.76 Å². The van der Waals surface area contributed by atoms with E-state index in [0.717, 1.165) is 35.5 Å². The molecule has 0 N–H and O–H groups in total. The van der Waals surface area contributed by atoms with Gasteiger partial charge in [0, 0.05) is 15.7 Å². The number of aryl methyl sites for hydroxylation is 1. The molecule has 20 heavy (non-hydrogen) atoms. The lowest BCUT2D eigenvalue weighted by Crippen LogP contribution is -2.27. The summed E-state index contributed by atoms with van der Waals surface area (Å²) in [6, 6.07) is 7.91. The summed E-state index contributed by atoms with van der Waals surface area (Å²) < 4.78 is 29.8. The molecule has 0 amide bonds. The van der Waals surface area contributed by atoms with Crippen molar-refractivity contribution in [2.75, 3.05) is 4.90 Å². The van der Waals surface area contributed by atoms with E-state index in [1.807, 2.05) is 43.0 Å². The van der Waals surface area contributed by atoms with Gasteiger partial charge in [0.05, 0.1) is 5.70 Å². The Balaban J connectivity index is 2.01. The van der Waals surface area contributed by atoms with Crippen molar-refractivity contribution in [1.82, 2.24) is 0 Å². The van der Waals surface area contributed by atoms with E-state index >= 15 is 0 Å². The van der Waals surface area contributed by atoms with Crippen LogP contribution in [0.3, 0.4) is 0 Å². The zero-order valence-electron chi connectivity index (χ0n) is 15.4. The third kappa shape index (κ3) is 2.32. The summed E-state index contributed by atoms with van der Waals surface area (Å²) in [6.07, 6.45) is 4.96. The molecule has 1 aliphatic heterocycles. The van der Waals surface area contributed by atoms with Gasteiger partial charge in [-0.1, -0.05) is 37.5 Å². The van der Waals surface area contributed by atoms with Crippen molar-refractivity contribution in [3.63, 3.8) is 0 Å². The molecule has 1 saturated carbocycles. The highest BCUT2D eigenvalue weighted by molar-refractivity contribution is 5.59. The van der Waals surface area contributed by atoms with Crippen molar-refractivity contribution in [2.24, 2.45) is 5.92 Å². The normalized spacial score (nSPS) is 27.0. The summed E-state index contributed by atoms with van der Waals surface area (Å²) in [5.74, 6) is 1.26. The minimum atomic E-state index is -2.18. The third-order valence-corrected chi connectivity index (χ3v) is 4.54. The Labute approximate surface area is 126 Å². The predicted molar refractivity (Wildman–Crippen MR) is 83.5 cm³/mol. The van der Waals surface area contributed by atoms with Crippen LogP contribution in [0.4, 0.5) is 5.69 Å². The molecule has 0 radical (unpaired) electrons. The van der Waals surface area contributed by atoms with E-state index in [0.29, 0.717) is 5.92 Å². The van der Waals surface area contributed by atoms with Crippen molar-refractivity contribution in [3.8, 4) is 0 Å². The van der Waals surface area contributed by atoms with Gasteiger partial charge in [-0.3, -0.25) is 0 Å². The summed E-state index contributed by atoms with van der Waals surface area (Å²) in [5, 5.41) is 0. The number of nitrogens with zero attached hydrogens (tertiary/aromatic N) is 1. The van der Waals surface area contributed by atoms with Crippen molar-refractivity contribution >= 4 is 5.69 Å². The predicted octanol–water partition coefficient (Wildman–Crippen LogP) is 4.99. The number of rotatable bonds is 2. The molecule has 1 aliphatic carbocycles. The Hall–Kier alpha value is -1.44. The van der Waals surface area contributed by atoms with Crippen molar-refractivity contribution in [1.29, 1.82) is 0 Å².